The molecular weight excluding hydrogens is 160 g/mol. The van der Waals surface area contributed by atoms with Crippen molar-refractivity contribution in [1.29, 1.82) is 0 Å². The van der Waals surface area contributed by atoms with E-state index >= 15 is 0 Å². The molecule has 0 spiro atoms. The molecule has 0 rings (SSSR count). The van der Waals surface area contributed by atoms with Gasteiger partial charge in [-0.1, -0.05) is 27.2 Å². The first-order chi connectivity index (χ1) is 5.13. The van der Waals surface area contributed by atoms with Crippen molar-refractivity contribution < 1.29 is 4.79 Å². The Labute approximate surface area is 74.1 Å². The normalized spacial score (nSPS) is 13.5. The molecule has 0 N–H and O–H groups in total. The number of hydrogen-bond acceptors (Lipinski definition) is 1. The first-order valence-corrected chi connectivity index (χ1v) is 4.75. The van der Waals surface area contributed by atoms with Gasteiger partial charge in [0, 0.05) is 5.92 Å². The van der Waals surface area contributed by atoms with E-state index < -0.39 is 0 Å². The minimum absolute atomic E-state index is 0.169. The van der Waals surface area contributed by atoms with Gasteiger partial charge < -0.3 is 0 Å². The SMILES string of the molecule is CCCC(C(=O)CCl)C(C)C. The molecule has 0 fully saturated rings. The van der Waals surface area contributed by atoms with Crippen LogP contribution in [0.1, 0.15) is 33.6 Å². The summed E-state index contributed by atoms with van der Waals surface area (Å²) in [6.45, 7) is 6.24. The number of alkyl halides is 1. The van der Waals surface area contributed by atoms with Gasteiger partial charge in [-0.2, -0.15) is 0 Å². The summed E-state index contributed by atoms with van der Waals surface area (Å²) in [7, 11) is 0. The van der Waals surface area contributed by atoms with Crippen molar-refractivity contribution in [1.82, 2.24) is 0 Å². The van der Waals surface area contributed by atoms with Crippen molar-refractivity contribution in [3.63, 3.8) is 0 Å². The summed E-state index contributed by atoms with van der Waals surface area (Å²) in [5, 5.41) is 0. The Morgan fingerprint density at radius 3 is 2.27 bits per heavy atom. The van der Waals surface area contributed by atoms with Crippen LogP contribution in [0.4, 0.5) is 0 Å². The van der Waals surface area contributed by atoms with E-state index in [4.69, 9.17) is 11.6 Å². The molecule has 66 valence electrons. The molecule has 1 unspecified atom stereocenters. The topological polar surface area (TPSA) is 17.1 Å². The zero-order valence-electron chi connectivity index (χ0n) is 7.56. The highest BCUT2D eigenvalue weighted by molar-refractivity contribution is 6.27. The maximum atomic E-state index is 11.2. The molecular formula is C9H17ClO. The Morgan fingerprint density at radius 2 is 2.00 bits per heavy atom. The summed E-state index contributed by atoms with van der Waals surface area (Å²) in [5.74, 6) is 0.977. The largest absolute Gasteiger partial charge is 0.298 e. The second-order valence-electron chi connectivity index (χ2n) is 3.24. The third kappa shape index (κ3) is 3.76. The number of rotatable bonds is 5. The van der Waals surface area contributed by atoms with E-state index in [1.54, 1.807) is 0 Å². The van der Waals surface area contributed by atoms with Gasteiger partial charge >= 0.3 is 0 Å². The molecule has 0 aromatic rings. The number of carbonyl (C=O) groups is 1. The van der Waals surface area contributed by atoms with E-state index in [-0.39, 0.29) is 17.6 Å². The lowest BCUT2D eigenvalue weighted by Gasteiger charge is -2.16. The Morgan fingerprint density at radius 1 is 1.45 bits per heavy atom. The molecule has 2 heteroatoms. The van der Waals surface area contributed by atoms with Crippen LogP contribution in [-0.4, -0.2) is 11.7 Å². The van der Waals surface area contributed by atoms with Gasteiger partial charge in [0.2, 0.25) is 0 Å². The minimum atomic E-state index is 0.169. The molecule has 0 amide bonds. The van der Waals surface area contributed by atoms with E-state index in [0.29, 0.717) is 5.92 Å². The van der Waals surface area contributed by atoms with Crippen molar-refractivity contribution in [3.05, 3.63) is 0 Å². The molecule has 0 aliphatic rings. The van der Waals surface area contributed by atoms with E-state index in [1.807, 2.05) is 0 Å². The average Bonchev–Trinajstić information content (AvgIpc) is 1.98. The van der Waals surface area contributed by atoms with Crippen LogP contribution in [0, 0.1) is 11.8 Å². The van der Waals surface area contributed by atoms with Crippen LogP contribution in [0.2, 0.25) is 0 Å². The summed E-state index contributed by atoms with van der Waals surface area (Å²) < 4.78 is 0. The molecule has 0 radical (unpaired) electrons. The predicted molar refractivity (Wildman–Crippen MR) is 49.0 cm³/mol. The maximum Gasteiger partial charge on any atom is 0.150 e. The molecule has 0 aromatic heterocycles. The Hall–Kier alpha value is -0.0400. The van der Waals surface area contributed by atoms with Crippen LogP contribution >= 0.6 is 11.6 Å². The van der Waals surface area contributed by atoms with Gasteiger partial charge in [-0.05, 0) is 12.3 Å². The van der Waals surface area contributed by atoms with Crippen molar-refractivity contribution in [2.24, 2.45) is 11.8 Å². The summed E-state index contributed by atoms with van der Waals surface area (Å²) >= 11 is 5.48. The standard InChI is InChI=1S/C9H17ClO/c1-4-5-8(7(2)3)9(11)6-10/h7-8H,4-6H2,1-3H3. The molecule has 0 aliphatic heterocycles. The lowest BCUT2D eigenvalue weighted by Crippen LogP contribution is -2.21. The molecule has 0 aromatic carbocycles. The van der Waals surface area contributed by atoms with Gasteiger partial charge in [0.25, 0.3) is 0 Å². The Bertz CT molecular complexity index is 121. The number of ketones is 1. The van der Waals surface area contributed by atoms with Crippen LogP contribution in [0.25, 0.3) is 0 Å². The maximum absolute atomic E-state index is 11.2. The summed E-state index contributed by atoms with van der Waals surface area (Å²) in [6, 6.07) is 0. The number of carbonyl (C=O) groups excluding carboxylic acids is 1. The third-order valence-electron chi connectivity index (χ3n) is 1.95. The van der Waals surface area contributed by atoms with Crippen molar-refractivity contribution in [2.45, 2.75) is 33.6 Å². The Balaban J connectivity index is 3.98. The minimum Gasteiger partial charge on any atom is -0.298 e. The summed E-state index contributed by atoms with van der Waals surface area (Å²) in [5.41, 5.74) is 0. The highest BCUT2D eigenvalue weighted by Crippen LogP contribution is 2.18. The quantitative estimate of drug-likeness (QED) is 0.589. The molecule has 1 nitrogen and oxygen atoms in total. The molecule has 0 heterocycles. The highest BCUT2D eigenvalue weighted by Gasteiger charge is 2.19. The van der Waals surface area contributed by atoms with Gasteiger partial charge in [-0.15, -0.1) is 11.6 Å². The fraction of sp³-hybridized carbons (Fsp3) is 0.889. The predicted octanol–water partition coefficient (Wildman–Crippen LogP) is 2.87. The van der Waals surface area contributed by atoms with Crippen molar-refractivity contribution in [2.75, 3.05) is 5.88 Å². The third-order valence-corrected chi connectivity index (χ3v) is 2.21. The van der Waals surface area contributed by atoms with Crippen LogP contribution in [0.15, 0.2) is 0 Å². The number of Topliss-reactive ketones (excluding diaryl/α,β-unsaturated/α-hetero) is 1. The smallest absolute Gasteiger partial charge is 0.150 e. The first kappa shape index (κ1) is 11.0. The zero-order chi connectivity index (χ0) is 8.85. The van der Waals surface area contributed by atoms with E-state index in [9.17, 15) is 4.79 Å². The van der Waals surface area contributed by atoms with Crippen molar-refractivity contribution >= 4 is 17.4 Å². The van der Waals surface area contributed by atoms with E-state index in [2.05, 4.69) is 20.8 Å². The van der Waals surface area contributed by atoms with E-state index in [0.717, 1.165) is 12.8 Å². The molecule has 1 atom stereocenters. The molecule has 11 heavy (non-hydrogen) atoms. The van der Waals surface area contributed by atoms with Gasteiger partial charge in [0.05, 0.1) is 5.88 Å². The lowest BCUT2D eigenvalue weighted by atomic mass is 9.88. The number of hydrogen-bond donors (Lipinski definition) is 0. The van der Waals surface area contributed by atoms with Gasteiger partial charge in [0.1, 0.15) is 0 Å². The lowest BCUT2D eigenvalue weighted by molar-refractivity contribution is -0.121. The monoisotopic (exact) mass is 176 g/mol. The summed E-state index contributed by atoms with van der Waals surface area (Å²) in [4.78, 5) is 11.2. The number of halogens is 1. The van der Waals surface area contributed by atoms with Crippen LogP contribution < -0.4 is 0 Å². The average molecular weight is 177 g/mol. The first-order valence-electron chi connectivity index (χ1n) is 4.22. The van der Waals surface area contributed by atoms with Gasteiger partial charge in [0.15, 0.2) is 5.78 Å². The van der Waals surface area contributed by atoms with Crippen LogP contribution in [0.5, 0.6) is 0 Å². The molecule has 0 saturated carbocycles. The van der Waals surface area contributed by atoms with E-state index in [1.165, 1.54) is 0 Å². The van der Waals surface area contributed by atoms with Crippen molar-refractivity contribution in [3.8, 4) is 0 Å². The molecule has 0 bridgehead atoms. The summed E-state index contributed by atoms with van der Waals surface area (Å²) in [6.07, 6.45) is 2.04. The second kappa shape index (κ2) is 5.59. The highest BCUT2D eigenvalue weighted by atomic mass is 35.5. The zero-order valence-corrected chi connectivity index (χ0v) is 8.32. The van der Waals surface area contributed by atoms with Gasteiger partial charge in [-0.25, -0.2) is 0 Å². The molecule has 0 aliphatic carbocycles. The second-order valence-corrected chi connectivity index (χ2v) is 3.51. The van der Waals surface area contributed by atoms with Crippen LogP contribution in [0.3, 0.4) is 0 Å². The van der Waals surface area contributed by atoms with Gasteiger partial charge in [-0.3, -0.25) is 4.79 Å². The fourth-order valence-corrected chi connectivity index (χ4v) is 1.47. The van der Waals surface area contributed by atoms with Crippen LogP contribution in [-0.2, 0) is 4.79 Å². The molecule has 0 saturated heterocycles. The fourth-order valence-electron chi connectivity index (χ4n) is 1.28. The Kier molecular flexibility index (Phi) is 5.57.